The number of methoxy groups -OCH3 is 1. The van der Waals surface area contributed by atoms with Crippen molar-refractivity contribution >= 4 is 22.5 Å². The Bertz CT molecular complexity index is 602. The zero-order chi connectivity index (χ0) is 13.9. The standard InChI is InChI=1S/C16H19ClN2O/c1-20-8-7-18-10-11-9-14(11)12-4-5-15(17)13-3-2-6-19-16(12)13/h2-6,11,14,18H,7-10H2,1H3. The van der Waals surface area contributed by atoms with Crippen LogP contribution in [0.3, 0.4) is 0 Å². The fraction of sp³-hybridized carbons (Fsp3) is 0.438. The Morgan fingerprint density at radius 3 is 3.15 bits per heavy atom. The van der Waals surface area contributed by atoms with E-state index in [9.17, 15) is 0 Å². The van der Waals surface area contributed by atoms with E-state index < -0.39 is 0 Å². The SMILES string of the molecule is COCCNCC1CC1c1ccc(Cl)c2cccnc12. The minimum Gasteiger partial charge on any atom is -0.383 e. The molecule has 20 heavy (non-hydrogen) atoms. The summed E-state index contributed by atoms with van der Waals surface area (Å²) in [6, 6.07) is 8.11. The summed E-state index contributed by atoms with van der Waals surface area (Å²) in [7, 11) is 1.73. The Morgan fingerprint density at radius 1 is 1.40 bits per heavy atom. The highest BCUT2D eigenvalue weighted by atomic mass is 35.5. The predicted molar refractivity (Wildman–Crippen MR) is 82.3 cm³/mol. The van der Waals surface area contributed by atoms with Gasteiger partial charge in [-0.3, -0.25) is 4.98 Å². The minimum atomic E-state index is 0.611. The second kappa shape index (κ2) is 6.08. The fourth-order valence-electron chi connectivity index (χ4n) is 2.77. The van der Waals surface area contributed by atoms with Crippen LogP contribution < -0.4 is 5.32 Å². The van der Waals surface area contributed by atoms with Gasteiger partial charge in [-0.1, -0.05) is 17.7 Å². The molecule has 106 valence electrons. The highest BCUT2D eigenvalue weighted by Gasteiger charge is 2.39. The van der Waals surface area contributed by atoms with Gasteiger partial charge in [-0.2, -0.15) is 0 Å². The van der Waals surface area contributed by atoms with Gasteiger partial charge in [-0.05, 0) is 48.6 Å². The number of nitrogens with zero attached hydrogens (tertiary/aromatic N) is 1. The van der Waals surface area contributed by atoms with Crippen molar-refractivity contribution in [2.24, 2.45) is 5.92 Å². The third-order valence-electron chi connectivity index (χ3n) is 3.96. The maximum atomic E-state index is 6.24. The van der Waals surface area contributed by atoms with E-state index in [1.165, 1.54) is 12.0 Å². The van der Waals surface area contributed by atoms with Crippen molar-refractivity contribution in [3.63, 3.8) is 0 Å². The van der Waals surface area contributed by atoms with E-state index in [1.54, 1.807) is 7.11 Å². The largest absolute Gasteiger partial charge is 0.383 e. The molecule has 1 fully saturated rings. The van der Waals surface area contributed by atoms with Gasteiger partial charge < -0.3 is 10.1 Å². The molecule has 0 spiro atoms. The van der Waals surface area contributed by atoms with E-state index in [4.69, 9.17) is 16.3 Å². The van der Waals surface area contributed by atoms with Gasteiger partial charge in [0.15, 0.2) is 0 Å². The molecule has 0 bridgehead atoms. The molecule has 0 aliphatic heterocycles. The van der Waals surface area contributed by atoms with Gasteiger partial charge >= 0.3 is 0 Å². The van der Waals surface area contributed by atoms with Crippen molar-refractivity contribution in [1.29, 1.82) is 0 Å². The van der Waals surface area contributed by atoms with Crippen LogP contribution in [-0.2, 0) is 4.74 Å². The molecule has 0 radical (unpaired) electrons. The van der Waals surface area contributed by atoms with Crippen LogP contribution in [0.15, 0.2) is 30.5 Å². The Labute approximate surface area is 124 Å². The van der Waals surface area contributed by atoms with Gasteiger partial charge in [0, 0.05) is 30.3 Å². The number of ether oxygens (including phenoxy) is 1. The lowest BCUT2D eigenvalue weighted by molar-refractivity contribution is 0.199. The van der Waals surface area contributed by atoms with Gasteiger partial charge in [-0.15, -0.1) is 0 Å². The van der Waals surface area contributed by atoms with Gasteiger partial charge in [0.25, 0.3) is 0 Å². The number of nitrogens with one attached hydrogen (secondary N) is 1. The molecule has 1 saturated carbocycles. The zero-order valence-electron chi connectivity index (χ0n) is 11.6. The molecule has 1 aliphatic carbocycles. The van der Waals surface area contributed by atoms with Gasteiger partial charge in [0.2, 0.25) is 0 Å². The van der Waals surface area contributed by atoms with Crippen molar-refractivity contribution in [2.75, 3.05) is 26.8 Å². The first kappa shape index (κ1) is 13.8. The van der Waals surface area contributed by atoms with Crippen LogP contribution >= 0.6 is 11.6 Å². The Hall–Kier alpha value is -1.16. The topological polar surface area (TPSA) is 34.1 Å². The summed E-state index contributed by atoms with van der Waals surface area (Å²) >= 11 is 6.24. The Kier molecular flexibility index (Phi) is 4.20. The predicted octanol–water partition coefficient (Wildman–Crippen LogP) is 3.23. The number of fused-ring (bicyclic) bond motifs is 1. The first-order valence-electron chi connectivity index (χ1n) is 7.04. The maximum Gasteiger partial charge on any atom is 0.0751 e. The molecule has 3 rings (SSSR count). The number of benzene rings is 1. The van der Waals surface area contributed by atoms with Crippen LogP contribution in [0.1, 0.15) is 17.9 Å². The number of halogens is 1. The molecule has 0 saturated heterocycles. The molecular formula is C16H19ClN2O. The molecule has 2 unspecified atom stereocenters. The van der Waals surface area contributed by atoms with Crippen LogP contribution in [-0.4, -0.2) is 31.8 Å². The third kappa shape index (κ3) is 2.80. The van der Waals surface area contributed by atoms with Crippen molar-refractivity contribution < 1.29 is 4.74 Å². The summed E-state index contributed by atoms with van der Waals surface area (Å²) in [5.74, 6) is 1.32. The number of hydrogen-bond acceptors (Lipinski definition) is 3. The molecule has 3 nitrogen and oxygen atoms in total. The molecule has 4 heteroatoms. The highest BCUT2D eigenvalue weighted by molar-refractivity contribution is 6.35. The van der Waals surface area contributed by atoms with Crippen molar-refractivity contribution in [1.82, 2.24) is 10.3 Å². The lowest BCUT2D eigenvalue weighted by Gasteiger charge is -2.07. The molecule has 2 aromatic rings. The molecule has 1 aromatic carbocycles. The van der Waals surface area contributed by atoms with Crippen molar-refractivity contribution in [3.05, 3.63) is 41.0 Å². The van der Waals surface area contributed by atoms with E-state index in [2.05, 4.69) is 16.4 Å². The van der Waals surface area contributed by atoms with Crippen molar-refractivity contribution in [3.8, 4) is 0 Å². The molecule has 0 amide bonds. The molecule has 2 atom stereocenters. The Morgan fingerprint density at radius 2 is 2.30 bits per heavy atom. The van der Waals surface area contributed by atoms with Crippen LogP contribution in [0.2, 0.25) is 5.02 Å². The average molecular weight is 291 g/mol. The first-order valence-corrected chi connectivity index (χ1v) is 7.42. The van der Waals surface area contributed by atoms with E-state index >= 15 is 0 Å². The third-order valence-corrected chi connectivity index (χ3v) is 4.29. The summed E-state index contributed by atoms with van der Waals surface area (Å²) in [6.45, 7) is 2.73. The summed E-state index contributed by atoms with van der Waals surface area (Å²) in [4.78, 5) is 4.52. The van der Waals surface area contributed by atoms with Crippen LogP contribution in [0.4, 0.5) is 0 Å². The number of pyridine rings is 1. The number of aromatic nitrogens is 1. The van der Waals surface area contributed by atoms with Gasteiger partial charge in [0.05, 0.1) is 12.1 Å². The quantitative estimate of drug-likeness (QED) is 0.830. The van der Waals surface area contributed by atoms with Crippen LogP contribution in [0.25, 0.3) is 10.9 Å². The summed E-state index contributed by atoms with van der Waals surface area (Å²) in [5, 5.41) is 5.28. The van der Waals surface area contributed by atoms with E-state index in [-0.39, 0.29) is 0 Å². The Balaban J connectivity index is 1.72. The summed E-state index contributed by atoms with van der Waals surface area (Å²) < 4.78 is 5.04. The fourth-order valence-corrected chi connectivity index (χ4v) is 2.99. The lowest BCUT2D eigenvalue weighted by Crippen LogP contribution is -2.21. The molecular weight excluding hydrogens is 272 g/mol. The molecule has 1 aliphatic rings. The van der Waals surface area contributed by atoms with E-state index in [0.29, 0.717) is 11.8 Å². The normalized spacial score (nSPS) is 21.3. The first-order chi connectivity index (χ1) is 9.81. The second-order valence-corrected chi connectivity index (χ2v) is 5.74. The summed E-state index contributed by atoms with van der Waals surface area (Å²) in [5.41, 5.74) is 2.40. The zero-order valence-corrected chi connectivity index (χ0v) is 12.4. The highest BCUT2D eigenvalue weighted by Crippen LogP contribution is 2.49. The monoisotopic (exact) mass is 290 g/mol. The van der Waals surface area contributed by atoms with Crippen LogP contribution in [0, 0.1) is 5.92 Å². The number of hydrogen-bond donors (Lipinski definition) is 1. The van der Waals surface area contributed by atoms with Crippen LogP contribution in [0.5, 0.6) is 0 Å². The van der Waals surface area contributed by atoms with Gasteiger partial charge in [0.1, 0.15) is 0 Å². The molecule has 1 N–H and O–H groups in total. The van der Waals surface area contributed by atoms with E-state index in [1.807, 2.05) is 24.4 Å². The summed E-state index contributed by atoms with van der Waals surface area (Å²) in [6.07, 6.45) is 3.07. The maximum absolute atomic E-state index is 6.24. The smallest absolute Gasteiger partial charge is 0.0751 e. The number of rotatable bonds is 6. The second-order valence-electron chi connectivity index (χ2n) is 5.34. The lowest BCUT2D eigenvalue weighted by atomic mass is 10.0. The van der Waals surface area contributed by atoms with Gasteiger partial charge in [-0.25, -0.2) is 0 Å². The minimum absolute atomic E-state index is 0.611. The van der Waals surface area contributed by atoms with Crippen molar-refractivity contribution in [2.45, 2.75) is 12.3 Å². The average Bonchev–Trinajstić information content (AvgIpc) is 3.24. The molecule has 1 heterocycles. The van der Waals surface area contributed by atoms with E-state index in [0.717, 1.165) is 35.6 Å². The molecule has 1 aromatic heterocycles.